The maximum atomic E-state index is 11.1. The first-order chi connectivity index (χ1) is 6.70. The smallest absolute Gasteiger partial charge is 0.251 e. The number of nitrogens with zero attached hydrogens (tertiary/aromatic N) is 2. The Kier molecular flexibility index (Phi) is 3.87. The molecule has 76 valence electrons. The van der Waals surface area contributed by atoms with Gasteiger partial charge < -0.3 is 4.90 Å². The minimum Gasteiger partial charge on any atom is -0.347 e. The van der Waals surface area contributed by atoms with E-state index in [9.17, 15) is 4.79 Å². The van der Waals surface area contributed by atoms with E-state index in [1.807, 2.05) is 18.2 Å². The molecule has 0 bridgehead atoms. The summed E-state index contributed by atoms with van der Waals surface area (Å²) < 4.78 is 1.61. The summed E-state index contributed by atoms with van der Waals surface area (Å²) in [5.41, 5.74) is 2.60. The van der Waals surface area contributed by atoms with Gasteiger partial charge >= 0.3 is 0 Å². The zero-order valence-corrected chi connectivity index (χ0v) is 8.30. The van der Waals surface area contributed by atoms with Crippen molar-refractivity contribution in [2.24, 2.45) is 0 Å². The van der Waals surface area contributed by atoms with Crippen molar-refractivity contribution in [3.8, 4) is 0 Å². The van der Waals surface area contributed by atoms with Gasteiger partial charge in [0.1, 0.15) is 0 Å². The Balaban J connectivity index is 2.26. The van der Waals surface area contributed by atoms with Crippen LogP contribution < -0.4 is 10.3 Å². The van der Waals surface area contributed by atoms with Crippen LogP contribution in [0.25, 0.3) is 0 Å². The Hall–Kier alpha value is -1.62. The van der Waals surface area contributed by atoms with E-state index in [4.69, 9.17) is 4.84 Å². The molecule has 1 rings (SSSR count). The summed E-state index contributed by atoms with van der Waals surface area (Å²) in [7, 11) is 3.36. The van der Waals surface area contributed by atoms with Gasteiger partial charge in [0.15, 0.2) is 6.61 Å². The summed E-state index contributed by atoms with van der Waals surface area (Å²) >= 11 is 0. The molecule has 14 heavy (non-hydrogen) atoms. The second-order valence-electron chi connectivity index (χ2n) is 2.95. The predicted octanol–water partition coefficient (Wildman–Crippen LogP) is -0.463. The van der Waals surface area contributed by atoms with Gasteiger partial charge in [0, 0.05) is 26.2 Å². The van der Waals surface area contributed by atoms with Crippen molar-refractivity contribution in [1.82, 2.24) is 4.90 Å². The molecule has 0 fully saturated rings. The van der Waals surface area contributed by atoms with Gasteiger partial charge in [-0.1, -0.05) is 16.3 Å². The number of aromatic nitrogens is 1. The number of pyridine rings is 1. The van der Waals surface area contributed by atoms with Gasteiger partial charge in [0.25, 0.3) is 5.91 Å². The fraction of sp³-hybridized carbons (Fsp3) is 0.333. The topological polar surface area (TPSA) is 45.5 Å². The lowest BCUT2D eigenvalue weighted by atomic mass is 10.5. The van der Waals surface area contributed by atoms with Crippen molar-refractivity contribution in [3.63, 3.8) is 0 Å². The molecule has 5 heteroatoms. The van der Waals surface area contributed by atoms with Crippen molar-refractivity contribution in [1.29, 1.82) is 0 Å². The second-order valence-corrected chi connectivity index (χ2v) is 2.95. The molecule has 0 saturated heterocycles. The SMILES string of the molecule is CN(C)C(=O)CON[n+]1ccccc1. The minimum atomic E-state index is -0.0889. The van der Waals surface area contributed by atoms with Crippen molar-refractivity contribution in [3.05, 3.63) is 30.6 Å². The fourth-order valence-electron chi connectivity index (χ4n) is 0.757. The lowest BCUT2D eigenvalue weighted by Crippen LogP contribution is -2.45. The van der Waals surface area contributed by atoms with Crippen molar-refractivity contribution >= 4 is 5.91 Å². The standard InChI is InChI=1S/C9H14N3O2/c1-11(2)9(13)8-14-10-12-6-4-3-5-7-12/h3-7,10H,8H2,1-2H3/q+1. The molecule has 0 atom stereocenters. The third-order valence-corrected chi connectivity index (χ3v) is 1.58. The average molecular weight is 196 g/mol. The van der Waals surface area contributed by atoms with E-state index in [1.54, 1.807) is 31.2 Å². The molecule has 0 aromatic carbocycles. The largest absolute Gasteiger partial charge is 0.347 e. The number of likely N-dealkylation sites (N-methyl/N-ethyl adjacent to an activating group) is 1. The predicted molar refractivity (Wildman–Crippen MR) is 50.6 cm³/mol. The first kappa shape index (κ1) is 10.5. The molecule has 1 N–H and O–H groups in total. The van der Waals surface area contributed by atoms with E-state index >= 15 is 0 Å². The Morgan fingerprint density at radius 1 is 1.36 bits per heavy atom. The first-order valence-corrected chi connectivity index (χ1v) is 4.24. The van der Waals surface area contributed by atoms with Crippen LogP contribution >= 0.6 is 0 Å². The molecule has 0 aliphatic heterocycles. The Bertz CT molecular complexity index is 287. The van der Waals surface area contributed by atoms with Crippen LogP contribution in [0.4, 0.5) is 0 Å². The lowest BCUT2D eigenvalue weighted by molar-refractivity contribution is -0.680. The van der Waals surface area contributed by atoms with Crippen LogP contribution in [0.5, 0.6) is 0 Å². The van der Waals surface area contributed by atoms with Crippen LogP contribution in [0.2, 0.25) is 0 Å². The number of carbonyl (C=O) groups is 1. The number of nitrogens with one attached hydrogen (secondary N) is 1. The van der Waals surface area contributed by atoms with E-state index in [0.717, 1.165) is 0 Å². The fourth-order valence-corrected chi connectivity index (χ4v) is 0.757. The van der Waals surface area contributed by atoms with Crippen LogP contribution in [-0.2, 0) is 9.63 Å². The van der Waals surface area contributed by atoms with Gasteiger partial charge in [-0.05, 0) is 0 Å². The molecular weight excluding hydrogens is 182 g/mol. The van der Waals surface area contributed by atoms with Crippen LogP contribution in [0.15, 0.2) is 30.6 Å². The normalized spacial score (nSPS) is 9.57. The number of hydrogen-bond acceptors (Lipinski definition) is 3. The Labute approximate surface area is 82.8 Å². The summed E-state index contributed by atoms with van der Waals surface area (Å²) in [6.07, 6.45) is 3.56. The van der Waals surface area contributed by atoms with Gasteiger partial charge in [0.2, 0.25) is 12.4 Å². The highest BCUT2D eigenvalue weighted by Gasteiger charge is 2.04. The number of hydrogen-bond donors (Lipinski definition) is 1. The van der Waals surface area contributed by atoms with Gasteiger partial charge in [-0.3, -0.25) is 4.79 Å². The highest BCUT2D eigenvalue weighted by Crippen LogP contribution is 1.79. The Morgan fingerprint density at radius 3 is 2.57 bits per heavy atom. The summed E-state index contributed by atoms with van der Waals surface area (Å²) in [6, 6.07) is 5.59. The first-order valence-electron chi connectivity index (χ1n) is 4.24. The minimum absolute atomic E-state index is 0.00882. The molecule has 0 spiro atoms. The summed E-state index contributed by atoms with van der Waals surface area (Å²) in [4.78, 5) is 17.5. The third-order valence-electron chi connectivity index (χ3n) is 1.58. The van der Waals surface area contributed by atoms with Gasteiger partial charge in [-0.2, -0.15) is 0 Å². The lowest BCUT2D eigenvalue weighted by Gasteiger charge is -2.08. The van der Waals surface area contributed by atoms with Crippen molar-refractivity contribution in [2.75, 3.05) is 26.3 Å². The maximum Gasteiger partial charge on any atom is 0.251 e. The number of rotatable bonds is 4. The van der Waals surface area contributed by atoms with E-state index in [1.165, 1.54) is 4.90 Å². The molecule has 0 radical (unpaired) electrons. The molecule has 0 aliphatic rings. The second kappa shape index (κ2) is 5.18. The molecule has 1 aromatic rings. The molecule has 0 unspecified atom stereocenters. The highest BCUT2D eigenvalue weighted by molar-refractivity contribution is 5.76. The van der Waals surface area contributed by atoms with E-state index < -0.39 is 0 Å². The summed E-state index contributed by atoms with van der Waals surface area (Å²) in [5.74, 6) is -0.0889. The number of carbonyl (C=O) groups excluding carboxylic acids is 1. The van der Waals surface area contributed by atoms with E-state index in [0.29, 0.717) is 0 Å². The molecule has 0 saturated carbocycles. The summed E-state index contributed by atoms with van der Waals surface area (Å²) in [5, 5.41) is 0. The van der Waals surface area contributed by atoms with Gasteiger partial charge in [-0.25, -0.2) is 4.84 Å². The quantitative estimate of drug-likeness (QED) is 0.523. The molecule has 0 aliphatic carbocycles. The van der Waals surface area contributed by atoms with Crippen molar-refractivity contribution < 1.29 is 14.3 Å². The van der Waals surface area contributed by atoms with E-state index in [-0.39, 0.29) is 12.5 Å². The Morgan fingerprint density at radius 2 is 2.00 bits per heavy atom. The number of amides is 1. The van der Waals surface area contributed by atoms with Crippen molar-refractivity contribution in [2.45, 2.75) is 0 Å². The maximum absolute atomic E-state index is 11.1. The molecule has 1 aromatic heterocycles. The molecule has 1 heterocycles. The molecular formula is C9H14N3O2+. The monoisotopic (exact) mass is 196 g/mol. The van der Waals surface area contributed by atoms with Crippen LogP contribution in [0.3, 0.4) is 0 Å². The van der Waals surface area contributed by atoms with Crippen LogP contribution in [0, 0.1) is 0 Å². The summed E-state index contributed by atoms with van der Waals surface area (Å²) in [6.45, 7) is 0.00882. The van der Waals surface area contributed by atoms with Crippen LogP contribution in [0.1, 0.15) is 0 Å². The molecule has 5 nitrogen and oxygen atoms in total. The van der Waals surface area contributed by atoms with E-state index in [2.05, 4.69) is 5.59 Å². The van der Waals surface area contributed by atoms with Gasteiger partial charge in [-0.15, -0.1) is 0 Å². The third kappa shape index (κ3) is 3.40. The highest BCUT2D eigenvalue weighted by atomic mass is 16.7. The van der Waals surface area contributed by atoms with Crippen LogP contribution in [-0.4, -0.2) is 31.5 Å². The van der Waals surface area contributed by atoms with Gasteiger partial charge in [0.05, 0.1) is 0 Å². The average Bonchev–Trinajstić information content (AvgIpc) is 2.19. The molecule has 1 amide bonds. The zero-order chi connectivity index (χ0) is 10.4. The zero-order valence-electron chi connectivity index (χ0n) is 8.30.